The minimum absolute atomic E-state index is 0.0159. The van der Waals surface area contributed by atoms with Gasteiger partial charge in [0.05, 0.1) is 30.4 Å². The number of carbonyl (C=O) groups excluding carboxylic acids is 2. The van der Waals surface area contributed by atoms with Crippen LogP contribution in [0.4, 0.5) is 27.4 Å². The van der Waals surface area contributed by atoms with Gasteiger partial charge in [-0.2, -0.15) is 0 Å². The Hall–Kier alpha value is -4.97. The molecule has 0 bridgehead atoms. The van der Waals surface area contributed by atoms with Gasteiger partial charge in [0.1, 0.15) is 17.1 Å². The number of carbonyl (C=O) groups is 2. The minimum atomic E-state index is -0.596. The molecule has 2 aromatic carbocycles. The molecule has 0 unspecified atom stereocenters. The van der Waals surface area contributed by atoms with Crippen LogP contribution >= 0.6 is 0 Å². The summed E-state index contributed by atoms with van der Waals surface area (Å²) in [5.74, 6) is -0.502. The number of aromatic nitrogens is 3. The van der Waals surface area contributed by atoms with Crippen LogP contribution in [0.1, 0.15) is 44.2 Å². The van der Waals surface area contributed by atoms with Crippen LogP contribution in [0.25, 0.3) is 22.2 Å². The molecule has 46 heavy (non-hydrogen) atoms. The monoisotopic (exact) mass is 628 g/mol. The maximum absolute atomic E-state index is 15.3. The molecule has 242 valence electrons. The molecular weight excluding hydrogens is 587 g/mol. The summed E-state index contributed by atoms with van der Waals surface area (Å²) in [4.78, 5) is 38.4. The quantitative estimate of drug-likeness (QED) is 0.195. The number of amides is 2. The van der Waals surface area contributed by atoms with Gasteiger partial charge >= 0.3 is 0 Å². The highest BCUT2D eigenvalue weighted by atomic mass is 19.1. The van der Waals surface area contributed by atoms with Crippen molar-refractivity contribution in [3.05, 3.63) is 66.8 Å². The number of hydrogen-bond donors (Lipinski definition) is 3. The zero-order chi connectivity index (χ0) is 33.1. The highest BCUT2D eigenvalue weighted by Gasteiger charge is 2.24. The second kappa shape index (κ2) is 13.6. The van der Waals surface area contributed by atoms with Crippen molar-refractivity contribution in [2.45, 2.75) is 39.8 Å². The molecule has 0 radical (unpaired) electrons. The number of halogens is 1. The second-order valence-electron chi connectivity index (χ2n) is 11.7. The van der Waals surface area contributed by atoms with Gasteiger partial charge in [0.15, 0.2) is 5.82 Å². The molecule has 0 aliphatic carbocycles. The number of piperazine rings is 1. The zero-order valence-electron chi connectivity index (χ0n) is 27.1. The highest BCUT2D eigenvalue weighted by molar-refractivity contribution is 6.02. The van der Waals surface area contributed by atoms with E-state index in [-0.39, 0.29) is 29.5 Å². The largest absolute Gasteiger partial charge is 0.494 e. The third kappa shape index (κ3) is 6.52. The number of methoxy groups -OCH3 is 1. The topological polar surface area (TPSA) is 117 Å². The molecule has 5 rings (SSSR count). The van der Waals surface area contributed by atoms with Crippen LogP contribution in [0.5, 0.6) is 5.75 Å². The first-order valence-corrected chi connectivity index (χ1v) is 15.4. The van der Waals surface area contributed by atoms with Crippen molar-refractivity contribution in [2.75, 3.05) is 55.9 Å². The summed E-state index contributed by atoms with van der Waals surface area (Å²) in [6, 6.07) is 11.3. The van der Waals surface area contributed by atoms with Crippen molar-refractivity contribution in [3.8, 4) is 17.0 Å². The summed E-state index contributed by atoms with van der Waals surface area (Å²) in [7, 11) is 3.15. The Morgan fingerprint density at radius 3 is 2.39 bits per heavy atom. The Bertz CT molecular complexity index is 1780. The summed E-state index contributed by atoms with van der Waals surface area (Å²) in [6.45, 7) is 15.3. The predicted molar refractivity (Wildman–Crippen MR) is 181 cm³/mol. The van der Waals surface area contributed by atoms with E-state index in [4.69, 9.17) is 4.74 Å². The highest BCUT2D eigenvalue weighted by Crippen LogP contribution is 2.39. The van der Waals surface area contributed by atoms with Crippen LogP contribution in [-0.4, -0.2) is 77.6 Å². The van der Waals surface area contributed by atoms with Crippen LogP contribution in [-0.2, 0) is 4.79 Å². The molecule has 11 nitrogen and oxygen atoms in total. The fraction of sp³-hybridized carbons (Fsp3) is 0.353. The van der Waals surface area contributed by atoms with Gasteiger partial charge in [-0.1, -0.05) is 18.7 Å². The van der Waals surface area contributed by atoms with Crippen LogP contribution in [0.15, 0.2) is 55.3 Å². The van der Waals surface area contributed by atoms with E-state index >= 15 is 4.39 Å². The molecule has 3 heterocycles. The van der Waals surface area contributed by atoms with E-state index < -0.39 is 5.82 Å². The van der Waals surface area contributed by atoms with E-state index in [9.17, 15) is 9.59 Å². The second-order valence-corrected chi connectivity index (χ2v) is 11.7. The number of hydrogen-bond acceptors (Lipinski definition) is 8. The lowest BCUT2D eigenvalue weighted by atomic mass is 10.1. The Labute approximate surface area is 268 Å². The molecule has 1 fully saturated rings. The summed E-state index contributed by atoms with van der Waals surface area (Å²) in [5, 5.41) is 9.63. The van der Waals surface area contributed by atoms with E-state index in [1.165, 1.54) is 6.08 Å². The van der Waals surface area contributed by atoms with Gasteiger partial charge in [-0.05, 0) is 52.0 Å². The molecule has 2 amide bonds. The molecule has 0 atom stereocenters. The molecule has 1 aliphatic rings. The van der Waals surface area contributed by atoms with E-state index in [0.717, 1.165) is 49.0 Å². The molecule has 2 aromatic heterocycles. The fourth-order valence-corrected chi connectivity index (χ4v) is 5.84. The normalized spacial score (nSPS) is 13.7. The molecule has 0 spiro atoms. The first-order valence-electron chi connectivity index (χ1n) is 15.4. The minimum Gasteiger partial charge on any atom is -0.494 e. The van der Waals surface area contributed by atoms with E-state index in [0.29, 0.717) is 34.4 Å². The van der Waals surface area contributed by atoms with Crippen molar-refractivity contribution in [3.63, 3.8) is 0 Å². The molecular formula is C34H41FN8O3. The number of nitrogens with zero attached hydrogens (tertiary/aromatic N) is 5. The molecule has 12 heteroatoms. The third-order valence-corrected chi connectivity index (χ3v) is 8.23. The van der Waals surface area contributed by atoms with Crippen LogP contribution in [0, 0.1) is 5.82 Å². The molecule has 4 aromatic rings. The van der Waals surface area contributed by atoms with Crippen LogP contribution in [0.2, 0.25) is 0 Å². The molecule has 1 aliphatic heterocycles. The smallest absolute Gasteiger partial charge is 0.267 e. The number of fused-ring (bicyclic) bond motifs is 1. The van der Waals surface area contributed by atoms with Gasteiger partial charge in [0, 0.05) is 67.8 Å². The summed E-state index contributed by atoms with van der Waals surface area (Å²) in [5.41, 5.74) is 3.81. The van der Waals surface area contributed by atoms with Crippen LogP contribution in [0.3, 0.4) is 0 Å². The maximum atomic E-state index is 15.3. The lowest BCUT2D eigenvalue weighted by molar-refractivity contribution is -0.111. The van der Waals surface area contributed by atoms with Gasteiger partial charge in [-0.15, -0.1) is 0 Å². The van der Waals surface area contributed by atoms with Crippen molar-refractivity contribution in [1.29, 1.82) is 0 Å². The lowest BCUT2D eigenvalue weighted by Gasteiger charge is -2.39. The molecule has 3 N–H and O–H groups in total. The molecule has 0 saturated carbocycles. The number of nitrogens with one attached hydrogen (secondary N) is 3. The van der Waals surface area contributed by atoms with Gasteiger partial charge in [-0.25, -0.2) is 14.4 Å². The summed E-state index contributed by atoms with van der Waals surface area (Å²) < 4.78 is 22.9. The van der Waals surface area contributed by atoms with Crippen molar-refractivity contribution in [1.82, 2.24) is 24.8 Å². The average Bonchev–Trinajstić information content (AvgIpc) is 3.44. The average molecular weight is 629 g/mol. The summed E-state index contributed by atoms with van der Waals surface area (Å²) >= 11 is 0. The Balaban J connectivity index is 1.51. The van der Waals surface area contributed by atoms with Gasteiger partial charge < -0.3 is 30.2 Å². The van der Waals surface area contributed by atoms with Crippen molar-refractivity contribution >= 4 is 45.7 Å². The summed E-state index contributed by atoms with van der Waals surface area (Å²) in [6.07, 6.45) is 2.33. The van der Waals surface area contributed by atoms with Gasteiger partial charge in [-0.3, -0.25) is 14.5 Å². The number of anilines is 4. The standard InChI is InChI=1S/C34H41FN8O3/c1-8-31(44)38-25-17-26(30(46-7)18-28(25)42-13-11-41(12-14-42)20(2)3)39-34-37-19-24(35)32(40-34)23-10-9-22-15-29(33(45)36-6)43(21(4)5)27(22)16-23/h8-10,15-21H,1,11-14H2,2-7H3,(H,36,45)(H,38,44)(H,37,39,40). The zero-order valence-corrected chi connectivity index (χ0v) is 27.1. The Morgan fingerprint density at radius 2 is 1.76 bits per heavy atom. The van der Waals surface area contributed by atoms with Gasteiger partial charge in [0.25, 0.3) is 5.91 Å². The van der Waals surface area contributed by atoms with E-state index in [2.05, 4.69) is 56.1 Å². The Morgan fingerprint density at radius 1 is 1.02 bits per heavy atom. The van der Waals surface area contributed by atoms with E-state index in [1.54, 1.807) is 26.3 Å². The number of rotatable bonds is 10. The molecule has 1 saturated heterocycles. The van der Waals surface area contributed by atoms with Crippen molar-refractivity contribution < 1.29 is 18.7 Å². The SMILES string of the molecule is C=CC(=O)Nc1cc(Nc2ncc(F)c(-c3ccc4cc(C(=O)NC)n(C(C)C)c4c3)n2)c(OC)cc1N1CCN(C(C)C)CC1. The third-order valence-electron chi connectivity index (χ3n) is 8.23. The maximum Gasteiger partial charge on any atom is 0.267 e. The predicted octanol–water partition coefficient (Wildman–Crippen LogP) is 5.59. The number of ether oxygens (including phenoxy) is 1. The first kappa shape index (κ1) is 32.4. The van der Waals surface area contributed by atoms with Gasteiger partial charge in [0.2, 0.25) is 11.9 Å². The first-order chi connectivity index (χ1) is 22.0. The lowest BCUT2D eigenvalue weighted by Crippen LogP contribution is -2.49. The van der Waals surface area contributed by atoms with E-state index in [1.807, 2.05) is 42.7 Å². The Kier molecular flexibility index (Phi) is 9.57. The number of benzene rings is 2. The fourth-order valence-electron chi connectivity index (χ4n) is 5.84. The van der Waals surface area contributed by atoms with Crippen molar-refractivity contribution in [2.24, 2.45) is 0 Å². The van der Waals surface area contributed by atoms with Crippen LogP contribution < -0.4 is 25.6 Å².